The lowest BCUT2D eigenvalue weighted by molar-refractivity contribution is -0.0167. The molecule has 1 aliphatic rings. The van der Waals surface area contributed by atoms with Gasteiger partial charge in [-0.15, -0.1) is 0 Å². The van der Waals surface area contributed by atoms with Crippen LogP contribution in [0.15, 0.2) is 0 Å². The Morgan fingerprint density at radius 2 is 2.08 bits per heavy atom. The Labute approximate surface area is 72.5 Å². The van der Waals surface area contributed by atoms with Crippen molar-refractivity contribution in [2.24, 2.45) is 11.3 Å². The molecule has 5 nitrogen and oxygen atoms in total. The van der Waals surface area contributed by atoms with E-state index in [1.807, 2.05) is 6.92 Å². The Bertz CT molecular complexity index is 256. The molecular formula is C6H14N2O3S. The second-order valence-corrected chi connectivity index (χ2v) is 5.64. The summed E-state index contributed by atoms with van der Waals surface area (Å²) < 4.78 is 23.3. The van der Waals surface area contributed by atoms with Crippen LogP contribution in [0, 0.1) is 5.41 Å². The van der Waals surface area contributed by atoms with Crippen LogP contribution in [0.5, 0.6) is 0 Å². The number of rotatable bonds is 3. The number of hydrogen-bond donors (Lipinski definition) is 1. The molecule has 1 rings (SSSR count). The molecule has 1 heterocycles. The predicted molar refractivity (Wildman–Crippen MR) is 44.7 cm³/mol. The van der Waals surface area contributed by atoms with E-state index in [2.05, 4.69) is 4.84 Å². The molecule has 0 aliphatic carbocycles. The van der Waals surface area contributed by atoms with Gasteiger partial charge in [0, 0.05) is 18.5 Å². The van der Waals surface area contributed by atoms with E-state index < -0.39 is 10.0 Å². The Kier molecular flexibility index (Phi) is 2.44. The highest BCUT2D eigenvalue weighted by Gasteiger charge is 2.43. The molecule has 2 N–H and O–H groups in total. The molecule has 0 spiro atoms. The lowest BCUT2D eigenvalue weighted by Crippen LogP contribution is -2.58. The highest BCUT2D eigenvalue weighted by molar-refractivity contribution is 7.88. The highest BCUT2D eigenvalue weighted by atomic mass is 32.2. The van der Waals surface area contributed by atoms with Crippen LogP contribution in [0.25, 0.3) is 0 Å². The molecule has 1 aliphatic heterocycles. The van der Waals surface area contributed by atoms with E-state index in [0.717, 1.165) is 0 Å². The Hall–Kier alpha value is -0.170. The van der Waals surface area contributed by atoms with E-state index in [1.165, 1.54) is 10.6 Å². The minimum Gasteiger partial charge on any atom is -0.304 e. The summed E-state index contributed by atoms with van der Waals surface area (Å²) in [4.78, 5) is 4.49. The average Bonchev–Trinajstić information content (AvgIpc) is 1.81. The molecule has 0 amide bonds. The normalized spacial score (nSPS) is 23.6. The molecular weight excluding hydrogens is 180 g/mol. The van der Waals surface area contributed by atoms with Gasteiger partial charge in [-0.1, -0.05) is 6.92 Å². The van der Waals surface area contributed by atoms with Crippen molar-refractivity contribution < 1.29 is 13.3 Å². The van der Waals surface area contributed by atoms with E-state index in [-0.39, 0.29) is 5.41 Å². The Morgan fingerprint density at radius 3 is 2.42 bits per heavy atom. The van der Waals surface area contributed by atoms with Crippen LogP contribution in [-0.2, 0) is 14.9 Å². The second-order valence-electron chi connectivity index (χ2n) is 3.65. The topological polar surface area (TPSA) is 72.6 Å². The van der Waals surface area contributed by atoms with Gasteiger partial charge in [-0.05, 0) is 0 Å². The van der Waals surface area contributed by atoms with Crippen LogP contribution in [0.2, 0.25) is 0 Å². The van der Waals surface area contributed by atoms with Gasteiger partial charge in [0.05, 0.1) is 12.9 Å². The molecule has 0 aromatic rings. The lowest BCUT2D eigenvalue weighted by Gasteiger charge is -2.45. The fourth-order valence-corrected chi connectivity index (χ4v) is 2.42. The van der Waals surface area contributed by atoms with Crippen LogP contribution < -0.4 is 5.90 Å². The predicted octanol–water partition coefficient (Wildman–Crippen LogP) is -0.842. The Balaban J connectivity index is 2.47. The molecule has 0 unspecified atom stereocenters. The smallest absolute Gasteiger partial charge is 0.211 e. The monoisotopic (exact) mass is 194 g/mol. The van der Waals surface area contributed by atoms with E-state index in [0.29, 0.717) is 19.7 Å². The number of hydrogen-bond acceptors (Lipinski definition) is 4. The first-order valence-electron chi connectivity index (χ1n) is 3.64. The summed E-state index contributed by atoms with van der Waals surface area (Å²) in [7, 11) is -3.02. The van der Waals surface area contributed by atoms with Crippen LogP contribution in [0.1, 0.15) is 6.92 Å². The SMILES string of the molecule is CC1(CON)CN(S(C)(=O)=O)C1. The van der Waals surface area contributed by atoms with Gasteiger partial charge in [-0.25, -0.2) is 18.6 Å². The van der Waals surface area contributed by atoms with Crippen LogP contribution in [-0.4, -0.2) is 38.7 Å². The van der Waals surface area contributed by atoms with Crippen molar-refractivity contribution in [1.82, 2.24) is 4.31 Å². The molecule has 0 aromatic carbocycles. The minimum atomic E-state index is -3.02. The molecule has 0 radical (unpaired) electrons. The molecule has 12 heavy (non-hydrogen) atoms. The van der Waals surface area contributed by atoms with Crippen molar-refractivity contribution in [2.75, 3.05) is 26.0 Å². The average molecular weight is 194 g/mol. The van der Waals surface area contributed by atoms with Gasteiger partial charge in [-0.2, -0.15) is 0 Å². The van der Waals surface area contributed by atoms with E-state index in [4.69, 9.17) is 5.90 Å². The van der Waals surface area contributed by atoms with Crippen LogP contribution in [0.4, 0.5) is 0 Å². The van der Waals surface area contributed by atoms with Gasteiger partial charge in [0.15, 0.2) is 0 Å². The maximum absolute atomic E-state index is 11.0. The van der Waals surface area contributed by atoms with Crippen molar-refractivity contribution in [3.05, 3.63) is 0 Å². The molecule has 0 bridgehead atoms. The van der Waals surface area contributed by atoms with Gasteiger partial charge in [-0.3, -0.25) is 0 Å². The minimum absolute atomic E-state index is 0.0994. The molecule has 72 valence electrons. The Morgan fingerprint density at radius 1 is 1.58 bits per heavy atom. The first-order valence-corrected chi connectivity index (χ1v) is 5.49. The molecule has 1 fully saturated rings. The summed E-state index contributed by atoms with van der Waals surface area (Å²) in [5.41, 5.74) is -0.0994. The number of nitrogens with zero attached hydrogens (tertiary/aromatic N) is 1. The lowest BCUT2D eigenvalue weighted by atomic mass is 9.85. The first-order chi connectivity index (χ1) is 5.37. The number of nitrogens with two attached hydrogens (primary N) is 1. The summed E-state index contributed by atoms with van der Waals surface area (Å²) in [6, 6.07) is 0. The van der Waals surface area contributed by atoms with Crippen molar-refractivity contribution in [3.63, 3.8) is 0 Å². The fraction of sp³-hybridized carbons (Fsp3) is 1.00. The van der Waals surface area contributed by atoms with Gasteiger partial charge < -0.3 is 4.84 Å². The summed E-state index contributed by atoms with van der Waals surface area (Å²) >= 11 is 0. The molecule has 1 saturated heterocycles. The third kappa shape index (κ3) is 1.95. The maximum Gasteiger partial charge on any atom is 0.211 e. The fourth-order valence-electron chi connectivity index (χ4n) is 1.33. The molecule has 6 heteroatoms. The third-order valence-electron chi connectivity index (χ3n) is 2.02. The van der Waals surface area contributed by atoms with Crippen molar-refractivity contribution in [1.29, 1.82) is 0 Å². The summed E-state index contributed by atoms with van der Waals surface area (Å²) in [5.74, 6) is 4.91. The van der Waals surface area contributed by atoms with E-state index >= 15 is 0 Å². The summed E-state index contributed by atoms with van der Waals surface area (Å²) in [6.45, 7) is 3.35. The van der Waals surface area contributed by atoms with E-state index in [1.54, 1.807) is 0 Å². The zero-order chi connectivity index (χ0) is 9.41. The van der Waals surface area contributed by atoms with Crippen molar-refractivity contribution in [2.45, 2.75) is 6.92 Å². The highest BCUT2D eigenvalue weighted by Crippen LogP contribution is 2.31. The van der Waals surface area contributed by atoms with Gasteiger partial charge in [0.2, 0.25) is 10.0 Å². The second kappa shape index (κ2) is 2.95. The standard InChI is InChI=1S/C6H14N2O3S/c1-6(5-11-7)3-8(4-6)12(2,9)10/h3-5,7H2,1-2H3. The quantitative estimate of drug-likeness (QED) is 0.594. The molecule has 0 aromatic heterocycles. The zero-order valence-corrected chi connectivity index (χ0v) is 8.10. The largest absolute Gasteiger partial charge is 0.304 e. The third-order valence-corrected chi connectivity index (χ3v) is 3.21. The van der Waals surface area contributed by atoms with E-state index in [9.17, 15) is 8.42 Å². The molecule has 0 saturated carbocycles. The molecule has 0 atom stereocenters. The van der Waals surface area contributed by atoms with Gasteiger partial charge >= 0.3 is 0 Å². The van der Waals surface area contributed by atoms with Crippen molar-refractivity contribution >= 4 is 10.0 Å². The van der Waals surface area contributed by atoms with Crippen LogP contribution in [0.3, 0.4) is 0 Å². The first kappa shape index (κ1) is 9.91. The van der Waals surface area contributed by atoms with Crippen molar-refractivity contribution in [3.8, 4) is 0 Å². The van der Waals surface area contributed by atoms with Gasteiger partial charge in [0.25, 0.3) is 0 Å². The van der Waals surface area contributed by atoms with Crippen LogP contribution >= 0.6 is 0 Å². The number of sulfonamides is 1. The maximum atomic E-state index is 11.0. The summed E-state index contributed by atoms with van der Waals surface area (Å²) in [5, 5.41) is 0. The zero-order valence-electron chi connectivity index (χ0n) is 7.28. The van der Waals surface area contributed by atoms with Gasteiger partial charge in [0.1, 0.15) is 0 Å². The summed E-state index contributed by atoms with van der Waals surface area (Å²) in [6.07, 6.45) is 1.20.